The molecule has 1 heterocycles. The van der Waals surface area contributed by atoms with Gasteiger partial charge in [0.1, 0.15) is 16.5 Å². The van der Waals surface area contributed by atoms with Crippen molar-refractivity contribution in [2.75, 3.05) is 38.2 Å². The van der Waals surface area contributed by atoms with Gasteiger partial charge in [-0.05, 0) is 37.3 Å². The van der Waals surface area contributed by atoms with Gasteiger partial charge in [0.05, 0.1) is 25.4 Å². The van der Waals surface area contributed by atoms with Crippen LogP contribution in [-0.4, -0.2) is 51.5 Å². The molecule has 9 heteroatoms. The van der Waals surface area contributed by atoms with Gasteiger partial charge in [0.15, 0.2) is 0 Å². The second-order valence-corrected chi connectivity index (χ2v) is 7.95. The molecule has 0 aliphatic carbocycles. The normalized spacial score (nSPS) is 15.2. The smallest absolute Gasteiger partial charge is 0.259 e. The summed E-state index contributed by atoms with van der Waals surface area (Å²) in [6.45, 7) is 3.01. The summed E-state index contributed by atoms with van der Waals surface area (Å²) < 4.78 is 51.5. The van der Waals surface area contributed by atoms with Crippen LogP contribution in [0.2, 0.25) is 0 Å². The third kappa shape index (κ3) is 4.32. The Balaban J connectivity index is 1.87. The topological polar surface area (TPSA) is 84.9 Å². The fourth-order valence-electron chi connectivity index (χ4n) is 2.84. The van der Waals surface area contributed by atoms with Crippen molar-refractivity contribution < 1.29 is 27.1 Å². The summed E-state index contributed by atoms with van der Waals surface area (Å²) in [6, 6.07) is 10.2. The summed E-state index contributed by atoms with van der Waals surface area (Å²) in [7, 11) is -4.03. The van der Waals surface area contributed by atoms with Crippen LogP contribution < -0.4 is 10.1 Å². The lowest BCUT2D eigenvalue weighted by Gasteiger charge is -2.26. The van der Waals surface area contributed by atoms with E-state index in [0.29, 0.717) is 17.9 Å². The first-order valence-corrected chi connectivity index (χ1v) is 10.3. The highest BCUT2D eigenvalue weighted by Gasteiger charge is 2.29. The van der Waals surface area contributed by atoms with Crippen LogP contribution in [0.3, 0.4) is 0 Å². The molecule has 0 unspecified atom stereocenters. The van der Waals surface area contributed by atoms with Crippen molar-refractivity contribution in [3.63, 3.8) is 0 Å². The first kappa shape index (κ1) is 20.2. The molecule has 28 heavy (non-hydrogen) atoms. The summed E-state index contributed by atoms with van der Waals surface area (Å²) in [6.07, 6.45) is 0. The van der Waals surface area contributed by atoms with Crippen LogP contribution in [-0.2, 0) is 14.8 Å². The maximum atomic E-state index is 14.3. The van der Waals surface area contributed by atoms with E-state index < -0.39 is 26.6 Å². The van der Waals surface area contributed by atoms with Gasteiger partial charge >= 0.3 is 0 Å². The van der Waals surface area contributed by atoms with Crippen LogP contribution in [0.25, 0.3) is 0 Å². The zero-order chi connectivity index (χ0) is 20.1. The molecule has 0 radical (unpaired) electrons. The lowest BCUT2D eigenvalue weighted by atomic mass is 10.2. The number of rotatable bonds is 6. The van der Waals surface area contributed by atoms with Crippen molar-refractivity contribution in [2.45, 2.75) is 11.8 Å². The fourth-order valence-corrected chi connectivity index (χ4v) is 4.34. The molecular weight excluding hydrogens is 387 g/mol. The number of carbonyl (C=O) groups excluding carboxylic acids is 1. The van der Waals surface area contributed by atoms with Gasteiger partial charge in [-0.3, -0.25) is 4.79 Å². The van der Waals surface area contributed by atoms with Crippen LogP contribution in [0, 0.1) is 5.82 Å². The summed E-state index contributed by atoms with van der Waals surface area (Å²) in [5.41, 5.74) is 0.468. The van der Waals surface area contributed by atoms with Crippen LogP contribution in [0.1, 0.15) is 17.3 Å². The highest BCUT2D eigenvalue weighted by Crippen LogP contribution is 2.25. The second kappa shape index (κ2) is 8.68. The zero-order valence-electron chi connectivity index (χ0n) is 15.4. The molecule has 0 spiro atoms. The van der Waals surface area contributed by atoms with E-state index in [0.717, 1.165) is 12.1 Å². The Bertz CT molecular complexity index is 959. The Labute approximate surface area is 163 Å². The number of halogens is 1. The number of nitrogens with zero attached hydrogens (tertiary/aromatic N) is 1. The van der Waals surface area contributed by atoms with Gasteiger partial charge < -0.3 is 14.8 Å². The summed E-state index contributed by atoms with van der Waals surface area (Å²) in [5, 5.41) is 2.61. The molecule has 0 bridgehead atoms. The third-order valence-electron chi connectivity index (χ3n) is 4.21. The lowest BCUT2D eigenvalue weighted by Crippen LogP contribution is -2.40. The van der Waals surface area contributed by atoms with E-state index in [9.17, 15) is 17.6 Å². The van der Waals surface area contributed by atoms with Gasteiger partial charge in [-0.2, -0.15) is 4.31 Å². The van der Waals surface area contributed by atoms with Crippen molar-refractivity contribution >= 4 is 21.6 Å². The predicted molar refractivity (Wildman–Crippen MR) is 102 cm³/mol. The number of nitrogens with one attached hydrogen (secondary N) is 1. The molecule has 2 aromatic rings. The van der Waals surface area contributed by atoms with E-state index >= 15 is 0 Å². The van der Waals surface area contributed by atoms with E-state index in [1.165, 1.54) is 10.4 Å². The van der Waals surface area contributed by atoms with Gasteiger partial charge in [-0.25, -0.2) is 12.8 Å². The number of hydrogen-bond acceptors (Lipinski definition) is 5. The van der Waals surface area contributed by atoms with Crippen LogP contribution in [0.4, 0.5) is 10.1 Å². The number of hydrogen-bond donors (Lipinski definition) is 1. The maximum Gasteiger partial charge on any atom is 0.259 e. The number of para-hydroxylation sites is 1. The first-order valence-electron chi connectivity index (χ1n) is 8.84. The zero-order valence-corrected chi connectivity index (χ0v) is 16.2. The molecule has 150 valence electrons. The van der Waals surface area contributed by atoms with Gasteiger partial charge in [-0.15, -0.1) is 0 Å². The van der Waals surface area contributed by atoms with Crippen molar-refractivity contribution in [3.05, 3.63) is 53.8 Å². The molecule has 2 aromatic carbocycles. The highest BCUT2D eigenvalue weighted by atomic mass is 32.2. The second-order valence-electron chi connectivity index (χ2n) is 6.04. The molecular formula is C19H21FN2O5S. The largest absolute Gasteiger partial charge is 0.493 e. The van der Waals surface area contributed by atoms with Gasteiger partial charge in [0, 0.05) is 18.8 Å². The fraction of sp³-hybridized carbons (Fsp3) is 0.316. The Kier molecular flexibility index (Phi) is 6.28. The summed E-state index contributed by atoms with van der Waals surface area (Å²) >= 11 is 0. The molecule has 0 atom stereocenters. The van der Waals surface area contributed by atoms with E-state index in [4.69, 9.17) is 9.47 Å². The molecule has 7 nitrogen and oxygen atoms in total. The Morgan fingerprint density at radius 3 is 2.64 bits per heavy atom. The standard InChI is InChI=1S/C19H21FN2O5S/c1-2-27-17-6-4-3-5-15(17)19(23)21-14-7-8-16(20)18(13-14)28(24,25)22-9-11-26-12-10-22/h3-8,13H,2,9-12H2,1H3,(H,21,23). The number of morpholine rings is 1. The molecule has 1 aliphatic rings. The Hall–Kier alpha value is -2.49. The number of anilines is 1. The number of ether oxygens (including phenoxy) is 2. The minimum absolute atomic E-state index is 0.153. The quantitative estimate of drug-likeness (QED) is 0.794. The summed E-state index contributed by atoms with van der Waals surface area (Å²) in [4.78, 5) is 12.1. The van der Waals surface area contributed by atoms with Crippen molar-refractivity contribution in [1.29, 1.82) is 0 Å². The maximum absolute atomic E-state index is 14.3. The van der Waals surface area contributed by atoms with Gasteiger partial charge in [0.2, 0.25) is 10.0 Å². The van der Waals surface area contributed by atoms with Gasteiger partial charge in [0.25, 0.3) is 5.91 Å². The minimum atomic E-state index is -4.03. The van der Waals surface area contributed by atoms with Crippen LogP contribution >= 0.6 is 0 Å². The molecule has 0 saturated carbocycles. The molecule has 1 fully saturated rings. The minimum Gasteiger partial charge on any atom is -0.493 e. The molecule has 3 rings (SSSR count). The van der Waals surface area contributed by atoms with Crippen LogP contribution in [0.15, 0.2) is 47.4 Å². The van der Waals surface area contributed by atoms with Crippen LogP contribution in [0.5, 0.6) is 5.75 Å². The van der Waals surface area contributed by atoms with E-state index in [1.807, 2.05) is 0 Å². The van der Waals surface area contributed by atoms with E-state index in [1.54, 1.807) is 31.2 Å². The number of carbonyl (C=O) groups is 1. The Morgan fingerprint density at radius 2 is 1.93 bits per heavy atom. The van der Waals surface area contributed by atoms with Crippen molar-refractivity contribution in [3.8, 4) is 5.75 Å². The van der Waals surface area contributed by atoms with E-state index in [-0.39, 0.29) is 32.0 Å². The molecule has 1 amide bonds. The summed E-state index contributed by atoms with van der Waals surface area (Å²) in [5.74, 6) is -0.949. The van der Waals surface area contributed by atoms with Crippen molar-refractivity contribution in [2.24, 2.45) is 0 Å². The number of benzene rings is 2. The number of sulfonamides is 1. The average Bonchev–Trinajstić information content (AvgIpc) is 2.70. The molecule has 1 N–H and O–H groups in total. The predicted octanol–water partition coefficient (Wildman–Crippen LogP) is 2.50. The third-order valence-corrected chi connectivity index (χ3v) is 6.12. The lowest BCUT2D eigenvalue weighted by molar-refractivity contribution is 0.0729. The molecule has 1 aliphatic heterocycles. The number of amides is 1. The molecule has 0 aromatic heterocycles. The SMILES string of the molecule is CCOc1ccccc1C(=O)Nc1ccc(F)c(S(=O)(=O)N2CCOCC2)c1. The monoisotopic (exact) mass is 408 g/mol. The van der Waals surface area contributed by atoms with E-state index in [2.05, 4.69) is 5.32 Å². The Morgan fingerprint density at radius 1 is 1.21 bits per heavy atom. The van der Waals surface area contributed by atoms with Crippen molar-refractivity contribution in [1.82, 2.24) is 4.31 Å². The highest BCUT2D eigenvalue weighted by molar-refractivity contribution is 7.89. The molecule has 1 saturated heterocycles. The first-order chi connectivity index (χ1) is 13.4. The average molecular weight is 408 g/mol. The van der Waals surface area contributed by atoms with Gasteiger partial charge in [-0.1, -0.05) is 12.1 Å².